The molecule has 2 aliphatic rings. The van der Waals surface area contributed by atoms with Gasteiger partial charge in [0.15, 0.2) is 21.3 Å². The Morgan fingerprint density at radius 1 is 1.10 bits per heavy atom. The van der Waals surface area contributed by atoms with Crippen molar-refractivity contribution >= 4 is 9.84 Å². The van der Waals surface area contributed by atoms with Crippen LogP contribution in [0.1, 0.15) is 6.42 Å². The van der Waals surface area contributed by atoms with Crippen molar-refractivity contribution in [2.75, 3.05) is 26.4 Å². The molecular weight excluding hydrogens is 282 g/mol. The third-order valence-electron chi connectivity index (χ3n) is 3.60. The molecule has 1 aromatic rings. The molecule has 0 aromatic heterocycles. The molecular formula is C13H17NO5S. The number of hydrogen-bond donors (Lipinski definition) is 1. The highest BCUT2D eigenvalue weighted by molar-refractivity contribution is 7.92. The Morgan fingerprint density at radius 3 is 2.60 bits per heavy atom. The normalized spacial score (nSPS) is 26.2. The van der Waals surface area contributed by atoms with Crippen molar-refractivity contribution in [2.24, 2.45) is 5.73 Å². The molecule has 7 heteroatoms. The van der Waals surface area contributed by atoms with Crippen LogP contribution < -0.4 is 15.2 Å². The van der Waals surface area contributed by atoms with Gasteiger partial charge in [-0.05, 0) is 18.6 Å². The lowest BCUT2D eigenvalue weighted by Gasteiger charge is -2.28. The largest absolute Gasteiger partial charge is 0.486 e. The van der Waals surface area contributed by atoms with E-state index in [2.05, 4.69) is 0 Å². The van der Waals surface area contributed by atoms with Crippen molar-refractivity contribution in [1.29, 1.82) is 0 Å². The summed E-state index contributed by atoms with van der Waals surface area (Å²) in [5.41, 5.74) is 5.93. The quantitative estimate of drug-likeness (QED) is 0.847. The van der Waals surface area contributed by atoms with Crippen molar-refractivity contribution in [2.45, 2.75) is 22.6 Å². The summed E-state index contributed by atoms with van der Waals surface area (Å²) < 4.78 is 41.3. The van der Waals surface area contributed by atoms with Gasteiger partial charge in [-0.3, -0.25) is 0 Å². The van der Waals surface area contributed by atoms with Gasteiger partial charge in [-0.25, -0.2) is 8.42 Å². The van der Waals surface area contributed by atoms with Gasteiger partial charge in [0, 0.05) is 18.7 Å². The molecule has 0 bridgehead atoms. The Bertz CT molecular complexity index is 601. The van der Waals surface area contributed by atoms with Gasteiger partial charge in [0.2, 0.25) is 0 Å². The van der Waals surface area contributed by atoms with Gasteiger partial charge in [-0.2, -0.15) is 0 Å². The zero-order chi connectivity index (χ0) is 14.2. The highest BCUT2D eigenvalue weighted by Gasteiger charge is 2.36. The van der Waals surface area contributed by atoms with E-state index in [9.17, 15) is 8.42 Å². The second-order valence-electron chi connectivity index (χ2n) is 4.92. The van der Waals surface area contributed by atoms with Gasteiger partial charge in [-0.1, -0.05) is 0 Å². The molecule has 0 saturated carbocycles. The Hall–Kier alpha value is -1.31. The highest BCUT2D eigenvalue weighted by atomic mass is 32.2. The summed E-state index contributed by atoms with van der Waals surface area (Å²) >= 11 is 0. The van der Waals surface area contributed by atoms with E-state index in [0.717, 1.165) is 0 Å². The van der Waals surface area contributed by atoms with E-state index in [1.54, 1.807) is 6.07 Å². The third-order valence-corrected chi connectivity index (χ3v) is 5.79. The van der Waals surface area contributed by atoms with Crippen LogP contribution in [0.5, 0.6) is 11.5 Å². The first kappa shape index (κ1) is 13.7. The van der Waals surface area contributed by atoms with Crippen molar-refractivity contribution in [3.8, 4) is 11.5 Å². The van der Waals surface area contributed by atoms with Crippen LogP contribution in [0.2, 0.25) is 0 Å². The molecule has 0 amide bonds. The number of hydrogen-bond acceptors (Lipinski definition) is 6. The standard InChI is InChI=1S/C13H17NO5S/c14-10-3-4-17-8-13(10)20(15,16)9-1-2-11-12(7-9)19-6-5-18-11/h1-2,7,10,13H,3-6,8,14H2. The Balaban J connectivity index is 1.94. The number of nitrogens with two attached hydrogens (primary N) is 1. The summed E-state index contributed by atoms with van der Waals surface area (Å²) in [5.74, 6) is 1.03. The molecule has 2 heterocycles. The van der Waals surface area contributed by atoms with Crippen LogP contribution in [-0.2, 0) is 14.6 Å². The first-order chi connectivity index (χ1) is 9.59. The molecule has 110 valence electrons. The summed E-state index contributed by atoms with van der Waals surface area (Å²) in [6.45, 7) is 1.54. The van der Waals surface area contributed by atoms with Crippen LogP contribution in [0.4, 0.5) is 0 Å². The highest BCUT2D eigenvalue weighted by Crippen LogP contribution is 2.34. The smallest absolute Gasteiger partial charge is 0.185 e. The topological polar surface area (TPSA) is 87.9 Å². The molecule has 0 radical (unpaired) electrons. The van der Waals surface area contributed by atoms with Crippen LogP contribution >= 0.6 is 0 Å². The minimum atomic E-state index is -3.53. The molecule has 2 unspecified atom stereocenters. The van der Waals surface area contributed by atoms with Gasteiger partial charge in [0.1, 0.15) is 18.5 Å². The predicted molar refractivity (Wildman–Crippen MR) is 71.8 cm³/mol. The van der Waals surface area contributed by atoms with Gasteiger partial charge in [0.25, 0.3) is 0 Å². The Morgan fingerprint density at radius 2 is 1.85 bits per heavy atom. The molecule has 2 aliphatic heterocycles. The van der Waals surface area contributed by atoms with E-state index in [1.165, 1.54) is 12.1 Å². The van der Waals surface area contributed by atoms with E-state index in [4.69, 9.17) is 19.9 Å². The summed E-state index contributed by atoms with van der Waals surface area (Å²) in [5, 5.41) is -0.709. The van der Waals surface area contributed by atoms with E-state index < -0.39 is 21.1 Å². The van der Waals surface area contributed by atoms with Gasteiger partial charge in [-0.15, -0.1) is 0 Å². The van der Waals surface area contributed by atoms with Crippen molar-refractivity contribution in [1.82, 2.24) is 0 Å². The zero-order valence-corrected chi connectivity index (χ0v) is 11.8. The van der Waals surface area contributed by atoms with Crippen LogP contribution in [-0.4, -0.2) is 46.1 Å². The zero-order valence-electron chi connectivity index (χ0n) is 10.9. The van der Waals surface area contributed by atoms with Gasteiger partial charge >= 0.3 is 0 Å². The average Bonchev–Trinajstić information content (AvgIpc) is 2.47. The SMILES string of the molecule is NC1CCOCC1S(=O)(=O)c1ccc2c(c1)OCCO2. The fourth-order valence-electron chi connectivity index (χ4n) is 2.42. The molecule has 1 saturated heterocycles. The van der Waals surface area contributed by atoms with Crippen molar-refractivity contribution in [3.63, 3.8) is 0 Å². The van der Waals surface area contributed by atoms with E-state index >= 15 is 0 Å². The predicted octanol–water partition coefficient (Wildman–Crippen LogP) is 0.348. The average molecular weight is 299 g/mol. The monoisotopic (exact) mass is 299 g/mol. The van der Waals surface area contributed by atoms with Crippen molar-refractivity contribution in [3.05, 3.63) is 18.2 Å². The third kappa shape index (κ3) is 2.36. The lowest BCUT2D eigenvalue weighted by molar-refractivity contribution is 0.0891. The number of ether oxygens (including phenoxy) is 3. The Labute approximate surface area is 117 Å². The molecule has 0 aliphatic carbocycles. The van der Waals surface area contributed by atoms with Crippen LogP contribution in [0.15, 0.2) is 23.1 Å². The van der Waals surface area contributed by atoms with E-state index in [-0.39, 0.29) is 11.5 Å². The lowest BCUT2D eigenvalue weighted by Crippen LogP contribution is -2.47. The summed E-state index contributed by atoms with van der Waals surface area (Å²) in [6.07, 6.45) is 0.550. The minimum absolute atomic E-state index is 0.137. The second-order valence-corrected chi connectivity index (χ2v) is 7.08. The number of rotatable bonds is 2. The summed E-state index contributed by atoms with van der Waals surface area (Å²) in [4.78, 5) is 0.202. The maximum atomic E-state index is 12.6. The molecule has 20 heavy (non-hydrogen) atoms. The lowest BCUT2D eigenvalue weighted by atomic mass is 10.1. The number of benzene rings is 1. The Kier molecular flexibility index (Phi) is 3.57. The van der Waals surface area contributed by atoms with E-state index in [0.29, 0.717) is 37.7 Å². The van der Waals surface area contributed by atoms with Crippen molar-refractivity contribution < 1.29 is 22.6 Å². The second kappa shape index (κ2) is 5.23. The molecule has 1 aromatic carbocycles. The summed E-state index contributed by atoms with van der Waals surface area (Å²) in [7, 11) is -3.53. The maximum absolute atomic E-state index is 12.6. The van der Waals surface area contributed by atoms with Crippen LogP contribution in [0.3, 0.4) is 0 Å². The number of sulfone groups is 1. The molecule has 1 fully saturated rings. The first-order valence-electron chi connectivity index (χ1n) is 6.56. The van der Waals surface area contributed by atoms with Gasteiger partial charge < -0.3 is 19.9 Å². The minimum Gasteiger partial charge on any atom is -0.486 e. The fourth-order valence-corrected chi connectivity index (χ4v) is 4.17. The molecule has 2 N–H and O–H groups in total. The molecule has 3 rings (SSSR count). The summed E-state index contributed by atoms with van der Waals surface area (Å²) in [6, 6.07) is 4.26. The first-order valence-corrected chi connectivity index (χ1v) is 8.10. The van der Waals surface area contributed by atoms with Gasteiger partial charge in [0.05, 0.1) is 11.5 Å². The molecule has 0 spiro atoms. The molecule has 2 atom stereocenters. The fraction of sp³-hybridized carbons (Fsp3) is 0.538. The van der Waals surface area contributed by atoms with Crippen LogP contribution in [0.25, 0.3) is 0 Å². The maximum Gasteiger partial charge on any atom is 0.185 e. The van der Waals surface area contributed by atoms with E-state index in [1.807, 2.05) is 0 Å². The molecule has 6 nitrogen and oxygen atoms in total. The number of fused-ring (bicyclic) bond motifs is 1. The van der Waals surface area contributed by atoms with Crippen LogP contribution in [0, 0.1) is 0 Å².